The van der Waals surface area contributed by atoms with E-state index in [2.05, 4.69) is 19.2 Å². The van der Waals surface area contributed by atoms with Gasteiger partial charge in [0.2, 0.25) is 0 Å². The molecule has 2 N–H and O–H groups in total. The zero-order valence-corrected chi connectivity index (χ0v) is 17.9. The van der Waals surface area contributed by atoms with Crippen molar-refractivity contribution in [2.24, 2.45) is 5.92 Å². The second kappa shape index (κ2) is 9.28. The highest BCUT2D eigenvalue weighted by atomic mass is 16.5. The molecule has 1 unspecified atom stereocenters. The van der Waals surface area contributed by atoms with Crippen LogP contribution in [0.3, 0.4) is 0 Å². The van der Waals surface area contributed by atoms with Crippen LogP contribution in [0.5, 0.6) is 11.5 Å². The average Bonchev–Trinajstić information content (AvgIpc) is 2.85. The lowest BCUT2D eigenvalue weighted by atomic mass is 9.92. The molecular formula is C21H34N3O4+. The molecule has 1 aliphatic rings. The summed E-state index contributed by atoms with van der Waals surface area (Å²) in [4.78, 5) is 27.6. The van der Waals surface area contributed by atoms with Crippen molar-refractivity contribution in [1.82, 2.24) is 10.2 Å². The van der Waals surface area contributed by atoms with Crippen LogP contribution in [0.25, 0.3) is 0 Å². The summed E-state index contributed by atoms with van der Waals surface area (Å²) in [5.74, 6) is 1.74. The second-order valence-electron chi connectivity index (χ2n) is 8.14. The molecule has 1 heterocycles. The maximum atomic E-state index is 12.8. The van der Waals surface area contributed by atoms with Gasteiger partial charge < -0.3 is 19.7 Å². The van der Waals surface area contributed by atoms with Gasteiger partial charge in [-0.05, 0) is 50.8 Å². The molecule has 0 aliphatic carbocycles. The zero-order valence-electron chi connectivity index (χ0n) is 17.9. The Balaban J connectivity index is 2.01. The van der Waals surface area contributed by atoms with Crippen molar-refractivity contribution >= 4 is 11.9 Å². The fourth-order valence-corrected chi connectivity index (χ4v) is 3.41. The molecule has 156 valence electrons. The van der Waals surface area contributed by atoms with Crippen molar-refractivity contribution in [3.05, 3.63) is 23.8 Å². The minimum absolute atomic E-state index is 0.137. The maximum absolute atomic E-state index is 12.8. The Bertz CT molecular complexity index is 707. The van der Waals surface area contributed by atoms with Gasteiger partial charge in [0.25, 0.3) is 5.91 Å². The summed E-state index contributed by atoms with van der Waals surface area (Å²) in [7, 11) is 3.58. The standard InChI is InChI=1S/C21H33N3O4/c1-7-28-17-9-8-16(12-18(17)27-6)13-23(5)14-24-19(25)21(4,22-20(24)26)11-10-15(2)3/h8-9,12,15H,7,10-11,13-14H2,1-6H3,(H,22,26)/p+1/t21-/m1/s1. The summed E-state index contributed by atoms with van der Waals surface area (Å²) < 4.78 is 10.9. The van der Waals surface area contributed by atoms with E-state index in [1.807, 2.05) is 39.1 Å². The zero-order chi connectivity index (χ0) is 20.9. The van der Waals surface area contributed by atoms with Crippen LogP contribution in [0.15, 0.2) is 18.2 Å². The highest BCUT2D eigenvalue weighted by molar-refractivity contribution is 6.06. The molecule has 0 saturated carbocycles. The van der Waals surface area contributed by atoms with Gasteiger partial charge in [-0.1, -0.05) is 13.8 Å². The predicted octanol–water partition coefficient (Wildman–Crippen LogP) is 1.81. The Hall–Kier alpha value is -2.28. The third-order valence-corrected chi connectivity index (χ3v) is 5.03. The van der Waals surface area contributed by atoms with Crippen molar-refractivity contribution in [2.45, 2.75) is 52.6 Å². The SMILES string of the molecule is CCOc1ccc(C[NH+](C)CN2C(=O)N[C@](C)(CCC(C)C)C2=O)cc1OC. The molecule has 1 fully saturated rings. The lowest BCUT2D eigenvalue weighted by Gasteiger charge is -2.23. The van der Waals surface area contributed by atoms with E-state index < -0.39 is 5.54 Å². The summed E-state index contributed by atoms with van der Waals surface area (Å²) in [5, 5.41) is 2.88. The molecule has 1 saturated heterocycles. The van der Waals surface area contributed by atoms with Gasteiger partial charge in [0.1, 0.15) is 12.1 Å². The molecule has 7 heteroatoms. The van der Waals surface area contributed by atoms with Gasteiger partial charge in [0.05, 0.1) is 20.8 Å². The van der Waals surface area contributed by atoms with Crippen LogP contribution in [-0.4, -0.2) is 49.8 Å². The first-order valence-electron chi connectivity index (χ1n) is 9.95. The van der Waals surface area contributed by atoms with E-state index in [0.29, 0.717) is 43.7 Å². The lowest BCUT2D eigenvalue weighted by molar-refractivity contribution is -0.901. The summed E-state index contributed by atoms with van der Waals surface area (Å²) in [6.45, 7) is 9.53. The molecule has 0 aromatic heterocycles. The van der Waals surface area contributed by atoms with E-state index in [1.165, 1.54) is 4.90 Å². The highest BCUT2D eigenvalue weighted by Gasteiger charge is 2.48. The largest absolute Gasteiger partial charge is 0.493 e. The molecule has 3 amide bonds. The van der Waals surface area contributed by atoms with E-state index in [9.17, 15) is 9.59 Å². The van der Waals surface area contributed by atoms with Crippen LogP contribution < -0.4 is 19.7 Å². The van der Waals surface area contributed by atoms with Crippen molar-refractivity contribution < 1.29 is 24.0 Å². The molecule has 1 aromatic rings. The Kier molecular flexibility index (Phi) is 7.29. The van der Waals surface area contributed by atoms with Gasteiger partial charge in [0, 0.05) is 5.56 Å². The average molecular weight is 393 g/mol. The first-order chi connectivity index (χ1) is 13.2. The normalized spacial score (nSPS) is 20.5. The first-order valence-corrected chi connectivity index (χ1v) is 9.95. The fourth-order valence-electron chi connectivity index (χ4n) is 3.41. The molecule has 2 rings (SSSR count). The summed E-state index contributed by atoms with van der Waals surface area (Å²) in [5.41, 5.74) is 0.247. The smallest absolute Gasteiger partial charge is 0.329 e. The van der Waals surface area contributed by atoms with Gasteiger partial charge in [-0.2, -0.15) is 0 Å². The summed E-state index contributed by atoms with van der Waals surface area (Å²) in [6.07, 6.45) is 1.55. The molecule has 1 aromatic carbocycles. The van der Waals surface area contributed by atoms with Crippen LogP contribution in [-0.2, 0) is 11.3 Å². The number of rotatable bonds is 10. The third kappa shape index (κ3) is 5.16. The number of carbonyl (C=O) groups excluding carboxylic acids is 2. The second-order valence-corrected chi connectivity index (χ2v) is 8.14. The Morgan fingerprint density at radius 1 is 1.25 bits per heavy atom. The molecule has 2 atom stereocenters. The number of urea groups is 1. The number of amides is 3. The fraction of sp³-hybridized carbons (Fsp3) is 0.619. The molecule has 0 bridgehead atoms. The van der Waals surface area contributed by atoms with Gasteiger partial charge in [-0.3, -0.25) is 4.79 Å². The number of nitrogens with one attached hydrogen (secondary N) is 2. The van der Waals surface area contributed by atoms with Gasteiger partial charge in [-0.15, -0.1) is 0 Å². The van der Waals surface area contributed by atoms with E-state index in [0.717, 1.165) is 16.9 Å². The van der Waals surface area contributed by atoms with Crippen LogP contribution in [0, 0.1) is 5.92 Å². The van der Waals surface area contributed by atoms with E-state index >= 15 is 0 Å². The topological polar surface area (TPSA) is 72.3 Å². The molecular weight excluding hydrogens is 358 g/mol. The molecule has 7 nitrogen and oxygen atoms in total. The summed E-state index contributed by atoms with van der Waals surface area (Å²) in [6, 6.07) is 5.50. The van der Waals surface area contributed by atoms with Crippen molar-refractivity contribution in [1.29, 1.82) is 0 Å². The molecule has 1 aliphatic heterocycles. The monoisotopic (exact) mass is 392 g/mol. The first kappa shape index (κ1) is 22.0. The lowest BCUT2D eigenvalue weighted by Crippen LogP contribution is -3.09. The van der Waals surface area contributed by atoms with Crippen molar-refractivity contribution in [3.63, 3.8) is 0 Å². The molecule has 28 heavy (non-hydrogen) atoms. The number of hydrogen-bond acceptors (Lipinski definition) is 4. The number of carbonyl (C=O) groups is 2. The minimum atomic E-state index is -0.802. The third-order valence-electron chi connectivity index (χ3n) is 5.03. The Labute approximate surface area is 168 Å². The molecule has 0 radical (unpaired) electrons. The predicted molar refractivity (Wildman–Crippen MR) is 107 cm³/mol. The number of imide groups is 1. The van der Waals surface area contributed by atoms with Gasteiger partial charge in [0.15, 0.2) is 18.2 Å². The number of hydrogen-bond donors (Lipinski definition) is 2. The Morgan fingerprint density at radius 3 is 2.57 bits per heavy atom. The molecule has 0 spiro atoms. The van der Waals surface area contributed by atoms with Crippen molar-refractivity contribution in [3.8, 4) is 11.5 Å². The van der Waals surface area contributed by atoms with Gasteiger partial charge >= 0.3 is 6.03 Å². The van der Waals surface area contributed by atoms with Crippen LogP contribution in [0.1, 0.15) is 46.1 Å². The minimum Gasteiger partial charge on any atom is -0.493 e. The van der Waals surface area contributed by atoms with Gasteiger partial charge in [-0.25, -0.2) is 9.69 Å². The maximum Gasteiger partial charge on any atom is 0.329 e. The highest BCUT2D eigenvalue weighted by Crippen LogP contribution is 2.28. The van der Waals surface area contributed by atoms with E-state index in [4.69, 9.17) is 9.47 Å². The van der Waals surface area contributed by atoms with Crippen LogP contribution in [0.2, 0.25) is 0 Å². The quantitative estimate of drug-likeness (QED) is 0.596. The number of benzene rings is 1. The summed E-state index contributed by atoms with van der Waals surface area (Å²) >= 11 is 0. The number of nitrogens with zero attached hydrogens (tertiary/aromatic N) is 1. The van der Waals surface area contributed by atoms with Crippen LogP contribution >= 0.6 is 0 Å². The number of ether oxygens (including phenoxy) is 2. The van der Waals surface area contributed by atoms with Crippen molar-refractivity contribution in [2.75, 3.05) is 27.4 Å². The number of methoxy groups -OCH3 is 1. The van der Waals surface area contributed by atoms with Crippen LogP contribution in [0.4, 0.5) is 4.79 Å². The Morgan fingerprint density at radius 2 is 1.96 bits per heavy atom. The van der Waals surface area contributed by atoms with E-state index in [-0.39, 0.29) is 11.9 Å². The number of quaternary nitrogens is 1. The van der Waals surface area contributed by atoms with E-state index in [1.54, 1.807) is 7.11 Å².